The van der Waals surface area contributed by atoms with Crippen molar-refractivity contribution < 1.29 is 22.8 Å². The van der Waals surface area contributed by atoms with Crippen LogP contribution in [0.4, 0.5) is 13.2 Å². The Balaban J connectivity index is 2.15. The average molecular weight is 415 g/mol. The van der Waals surface area contributed by atoms with Crippen LogP contribution in [0.15, 0.2) is 53.0 Å². The molecule has 8 heteroatoms. The summed E-state index contributed by atoms with van der Waals surface area (Å²) in [5, 5.41) is 2.38. The molecule has 0 aliphatic rings. The van der Waals surface area contributed by atoms with Gasteiger partial charge >= 0.3 is 6.18 Å². The van der Waals surface area contributed by atoms with E-state index in [4.69, 9.17) is 5.73 Å². The van der Waals surface area contributed by atoms with E-state index >= 15 is 0 Å². The van der Waals surface area contributed by atoms with Crippen molar-refractivity contribution >= 4 is 27.7 Å². The van der Waals surface area contributed by atoms with Gasteiger partial charge in [0.2, 0.25) is 5.91 Å². The van der Waals surface area contributed by atoms with Crippen molar-refractivity contribution in [2.75, 3.05) is 0 Å². The van der Waals surface area contributed by atoms with Gasteiger partial charge in [0.05, 0.1) is 5.56 Å². The molecule has 2 rings (SSSR count). The van der Waals surface area contributed by atoms with Crippen molar-refractivity contribution in [3.8, 4) is 0 Å². The molecule has 2 amide bonds. The van der Waals surface area contributed by atoms with E-state index in [2.05, 4.69) is 21.2 Å². The Bertz CT molecular complexity index is 776. The van der Waals surface area contributed by atoms with Crippen molar-refractivity contribution in [2.24, 2.45) is 5.73 Å². The Morgan fingerprint density at radius 3 is 2.32 bits per heavy atom. The van der Waals surface area contributed by atoms with Gasteiger partial charge in [0.1, 0.15) is 6.04 Å². The summed E-state index contributed by atoms with van der Waals surface area (Å²) in [4.78, 5) is 23.8. The molecule has 0 radical (unpaired) electrons. The van der Waals surface area contributed by atoms with Crippen molar-refractivity contribution in [2.45, 2.75) is 18.6 Å². The molecular weight excluding hydrogens is 401 g/mol. The average Bonchev–Trinajstić information content (AvgIpc) is 2.55. The second kappa shape index (κ2) is 7.69. The van der Waals surface area contributed by atoms with E-state index in [-0.39, 0.29) is 12.0 Å². The van der Waals surface area contributed by atoms with E-state index in [1.54, 1.807) is 24.3 Å². The van der Waals surface area contributed by atoms with Gasteiger partial charge in [0.25, 0.3) is 5.91 Å². The highest BCUT2D eigenvalue weighted by atomic mass is 79.9. The van der Waals surface area contributed by atoms with Crippen LogP contribution in [-0.2, 0) is 17.4 Å². The molecule has 2 aromatic carbocycles. The summed E-state index contributed by atoms with van der Waals surface area (Å²) >= 11 is 3.28. The fourth-order valence-electron chi connectivity index (χ4n) is 2.16. The number of carbonyl (C=O) groups is 2. The first-order chi connectivity index (χ1) is 11.7. The number of nitrogens with one attached hydrogen (secondary N) is 1. The van der Waals surface area contributed by atoms with Crippen molar-refractivity contribution in [1.29, 1.82) is 0 Å². The number of benzene rings is 2. The van der Waals surface area contributed by atoms with Crippen LogP contribution in [-0.4, -0.2) is 17.9 Å². The topological polar surface area (TPSA) is 72.2 Å². The zero-order chi connectivity index (χ0) is 18.6. The lowest BCUT2D eigenvalue weighted by Crippen LogP contribution is -2.45. The Morgan fingerprint density at radius 1 is 1.12 bits per heavy atom. The number of hydrogen-bond acceptors (Lipinski definition) is 2. The molecule has 0 bridgehead atoms. The van der Waals surface area contributed by atoms with E-state index in [9.17, 15) is 22.8 Å². The summed E-state index contributed by atoms with van der Waals surface area (Å²) in [5.41, 5.74) is 4.91. The second-order valence-corrected chi connectivity index (χ2v) is 6.25. The maximum atomic E-state index is 12.7. The van der Waals surface area contributed by atoms with Gasteiger partial charge in [-0.3, -0.25) is 9.59 Å². The van der Waals surface area contributed by atoms with Gasteiger partial charge in [0.15, 0.2) is 0 Å². The van der Waals surface area contributed by atoms with Crippen LogP contribution in [0, 0.1) is 0 Å². The van der Waals surface area contributed by atoms with E-state index < -0.39 is 29.6 Å². The summed E-state index contributed by atoms with van der Waals surface area (Å²) in [7, 11) is 0. The number of rotatable bonds is 5. The molecule has 0 aromatic heterocycles. The number of alkyl halides is 3. The highest BCUT2D eigenvalue weighted by molar-refractivity contribution is 9.10. The van der Waals surface area contributed by atoms with Gasteiger partial charge in [-0.1, -0.05) is 34.1 Å². The molecule has 0 aliphatic carbocycles. The molecule has 0 unspecified atom stereocenters. The first-order valence-corrected chi connectivity index (χ1v) is 7.98. The minimum Gasteiger partial charge on any atom is -0.368 e. The molecule has 1 atom stereocenters. The molecule has 3 N–H and O–H groups in total. The number of amides is 2. The Kier molecular flexibility index (Phi) is 5.84. The number of primary amides is 1. The van der Waals surface area contributed by atoms with Crippen LogP contribution < -0.4 is 11.1 Å². The molecule has 2 aromatic rings. The van der Waals surface area contributed by atoms with Crippen molar-refractivity contribution in [3.05, 3.63) is 69.7 Å². The molecule has 25 heavy (non-hydrogen) atoms. The number of halogens is 4. The Hall–Kier alpha value is -2.35. The fourth-order valence-corrected chi connectivity index (χ4v) is 2.42. The Morgan fingerprint density at radius 2 is 1.76 bits per heavy atom. The molecule has 132 valence electrons. The zero-order valence-electron chi connectivity index (χ0n) is 12.8. The SMILES string of the molecule is NC(=O)[C@H](Cc1ccc(Br)cc1)NC(=O)c1cccc(C(F)(F)F)c1. The van der Waals surface area contributed by atoms with E-state index in [1.807, 2.05) is 0 Å². The van der Waals surface area contributed by atoms with Crippen molar-refractivity contribution in [1.82, 2.24) is 5.32 Å². The molecule has 0 saturated carbocycles. The van der Waals surface area contributed by atoms with E-state index in [0.29, 0.717) is 0 Å². The number of hydrogen-bond donors (Lipinski definition) is 2. The minimum atomic E-state index is -4.56. The summed E-state index contributed by atoms with van der Waals surface area (Å²) in [6, 6.07) is 9.95. The van der Waals surface area contributed by atoms with Gasteiger partial charge in [0, 0.05) is 16.5 Å². The molecule has 4 nitrogen and oxygen atoms in total. The fraction of sp³-hybridized carbons (Fsp3) is 0.176. The van der Waals surface area contributed by atoms with Gasteiger partial charge in [-0.2, -0.15) is 13.2 Å². The maximum Gasteiger partial charge on any atom is 0.416 e. The van der Waals surface area contributed by atoms with E-state index in [0.717, 1.165) is 28.2 Å². The standard InChI is InChI=1S/C17H14BrF3N2O2/c18-13-6-4-10(5-7-13)8-14(15(22)24)23-16(25)11-2-1-3-12(9-11)17(19,20)21/h1-7,9,14H,8H2,(H2,22,24)(H,23,25)/t14-/m0/s1. The smallest absolute Gasteiger partial charge is 0.368 e. The summed E-state index contributed by atoms with van der Waals surface area (Å²) in [5.74, 6) is -1.57. The highest BCUT2D eigenvalue weighted by Gasteiger charge is 2.31. The first kappa shape index (κ1) is 19.0. The van der Waals surface area contributed by atoms with Gasteiger partial charge in [-0.15, -0.1) is 0 Å². The number of nitrogens with two attached hydrogens (primary N) is 1. The van der Waals surface area contributed by atoms with E-state index in [1.165, 1.54) is 6.07 Å². The van der Waals surface area contributed by atoms with Gasteiger partial charge < -0.3 is 11.1 Å². The predicted molar refractivity (Wildman–Crippen MR) is 89.7 cm³/mol. The monoisotopic (exact) mass is 414 g/mol. The third-order valence-electron chi connectivity index (χ3n) is 3.45. The third-order valence-corrected chi connectivity index (χ3v) is 3.98. The summed E-state index contributed by atoms with van der Waals surface area (Å²) in [6.45, 7) is 0. The van der Waals surface area contributed by atoms with Crippen LogP contribution in [0.5, 0.6) is 0 Å². The summed E-state index contributed by atoms with van der Waals surface area (Å²) in [6.07, 6.45) is -4.43. The molecule has 0 fully saturated rings. The van der Waals surface area contributed by atoms with Gasteiger partial charge in [-0.25, -0.2) is 0 Å². The molecule has 0 heterocycles. The first-order valence-electron chi connectivity index (χ1n) is 7.18. The van der Waals surface area contributed by atoms with Crippen LogP contribution in [0.25, 0.3) is 0 Å². The second-order valence-electron chi connectivity index (χ2n) is 5.34. The van der Waals surface area contributed by atoms with Crippen molar-refractivity contribution in [3.63, 3.8) is 0 Å². The van der Waals surface area contributed by atoms with Gasteiger partial charge in [-0.05, 0) is 35.9 Å². The Labute approximate surface area is 150 Å². The van der Waals surface area contributed by atoms with Crippen LogP contribution in [0.1, 0.15) is 21.5 Å². The summed E-state index contributed by atoms with van der Waals surface area (Å²) < 4.78 is 39.0. The van der Waals surface area contributed by atoms with Crippen LogP contribution in [0.2, 0.25) is 0 Å². The molecule has 0 spiro atoms. The highest BCUT2D eigenvalue weighted by Crippen LogP contribution is 2.29. The quantitative estimate of drug-likeness (QED) is 0.787. The number of carbonyl (C=O) groups excluding carboxylic acids is 2. The largest absolute Gasteiger partial charge is 0.416 e. The molecule has 0 aliphatic heterocycles. The normalized spacial score (nSPS) is 12.5. The molecule has 0 saturated heterocycles. The van der Waals surface area contributed by atoms with Crippen LogP contribution in [0.3, 0.4) is 0 Å². The minimum absolute atomic E-state index is 0.132. The zero-order valence-corrected chi connectivity index (χ0v) is 14.4. The van der Waals surface area contributed by atoms with Crippen LogP contribution >= 0.6 is 15.9 Å². The maximum absolute atomic E-state index is 12.7. The third kappa shape index (κ3) is 5.32. The molecular formula is C17H14BrF3N2O2. The lowest BCUT2D eigenvalue weighted by atomic mass is 10.0. The lowest BCUT2D eigenvalue weighted by Gasteiger charge is -2.16. The lowest BCUT2D eigenvalue weighted by molar-refractivity contribution is -0.137. The predicted octanol–water partition coefficient (Wildman–Crippen LogP) is 3.29.